The number of hydrogen-bond acceptors (Lipinski definition) is 7. The van der Waals surface area contributed by atoms with Crippen LogP contribution in [-0.2, 0) is 39.1 Å². The highest BCUT2D eigenvalue weighted by Gasteiger charge is 2.52. The van der Waals surface area contributed by atoms with E-state index in [4.69, 9.17) is 32.5 Å². The topological polar surface area (TPSA) is 64.6 Å². The Morgan fingerprint density at radius 3 is 2.03 bits per heavy atom. The molecular weight excluding hydrogens is 825 g/mol. The van der Waals surface area contributed by atoms with Crippen molar-refractivity contribution in [3.05, 3.63) is 71.8 Å². The summed E-state index contributed by atoms with van der Waals surface area (Å²) in [5.74, 6) is 0.802. The maximum Gasteiger partial charge on any atom is 0.200 e. The van der Waals surface area contributed by atoms with Crippen molar-refractivity contribution in [3.63, 3.8) is 0 Å². The lowest BCUT2D eigenvalue weighted by atomic mass is 9.90. The summed E-state index contributed by atoms with van der Waals surface area (Å²) in [5.41, 5.74) is 3.58. The van der Waals surface area contributed by atoms with Crippen LogP contribution in [0.5, 0.6) is 0 Å². The minimum atomic E-state index is -2.33. The molecule has 3 heterocycles. The van der Waals surface area contributed by atoms with Crippen molar-refractivity contribution >= 4 is 32.6 Å². The molecule has 3 saturated heterocycles. The van der Waals surface area contributed by atoms with E-state index in [-0.39, 0.29) is 52.6 Å². The molecule has 0 saturated carbocycles. The smallest absolute Gasteiger partial charge is 0.200 e. The van der Waals surface area contributed by atoms with Crippen molar-refractivity contribution in [2.45, 2.75) is 203 Å². The number of ether oxygens (including phenoxy) is 5. The highest BCUT2D eigenvalue weighted by molar-refractivity contribution is 9.09. The van der Waals surface area contributed by atoms with Gasteiger partial charge in [0.2, 0.25) is 8.32 Å². The molecule has 2 aromatic carbocycles. The maximum atomic E-state index is 7.85. The molecule has 3 fully saturated rings. The third kappa shape index (κ3) is 11.7. The second-order valence-electron chi connectivity index (χ2n) is 20.3. The molecule has 10 heteroatoms. The summed E-state index contributed by atoms with van der Waals surface area (Å²) in [6.45, 7) is 32.5. The van der Waals surface area contributed by atoms with E-state index in [0.717, 1.165) is 37.9 Å². The number of alkyl halides is 1. The second-order valence-corrected chi connectivity index (χ2v) is 31.5. The summed E-state index contributed by atoms with van der Waals surface area (Å²) < 4.78 is 48.9. The van der Waals surface area contributed by atoms with Gasteiger partial charge in [-0.2, -0.15) is 0 Å². The van der Waals surface area contributed by atoms with Crippen LogP contribution in [0.3, 0.4) is 0 Å². The first kappa shape index (κ1) is 48.1. The molecule has 11 atom stereocenters. The largest absolute Gasteiger partial charge is 0.412 e. The van der Waals surface area contributed by atoms with E-state index in [1.807, 2.05) is 24.3 Å². The molecule has 328 valence electrons. The fourth-order valence-electron chi connectivity index (χ4n) is 9.84. The normalized spacial score (nSPS) is 29.1. The average molecular weight is 904 g/mol. The Labute approximate surface area is 363 Å². The molecule has 0 amide bonds. The van der Waals surface area contributed by atoms with Gasteiger partial charge in [0.1, 0.15) is 6.10 Å². The van der Waals surface area contributed by atoms with Crippen LogP contribution in [0.25, 0.3) is 0 Å². The Morgan fingerprint density at radius 2 is 1.43 bits per heavy atom. The molecule has 3 aliphatic rings. The van der Waals surface area contributed by atoms with Crippen LogP contribution in [0, 0.1) is 11.8 Å². The minimum Gasteiger partial charge on any atom is -0.412 e. The van der Waals surface area contributed by atoms with E-state index in [1.165, 1.54) is 5.56 Å². The molecule has 0 radical (unpaired) electrons. The molecule has 0 spiro atoms. The van der Waals surface area contributed by atoms with Crippen molar-refractivity contribution in [1.29, 1.82) is 0 Å². The fraction of sp³-hybridized carbons (Fsp3) is 0.750. The molecule has 0 N–H and O–H groups in total. The molecule has 0 aromatic heterocycles. The SMILES string of the molecule is CC(C)[Si](O[C@H](C[C@@H]1O[C@@H]2CO[C@@H](c3ccccc3)O[C@H]2CC[C@H]1O[Si](C)(C)C(C)(C)C)[C@@H](Br)[C@H]1C[C@H](C)[C@H]([C@H](C)CCOCc2ccccc2)O1)(C(C)C)C(C)C. The zero-order chi connectivity index (χ0) is 42.4. The van der Waals surface area contributed by atoms with Gasteiger partial charge in [-0.25, -0.2) is 0 Å². The van der Waals surface area contributed by atoms with E-state index >= 15 is 0 Å². The van der Waals surface area contributed by atoms with Gasteiger partial charge in [-0.3, -0.25) is 0 Å². The first-order valence-electron chi connectivity index (χ1n) is 22.6. The fourth-order valence-corrected chi connectivity index (χ4v) is 17.7. The summed E-state index contributed by atoms with van der Waals surface area (Å²) in [6.07, 6.45) is 3.48. The van der Waals surface area contributed by atoms with E-state index in [0.29, 0.717) is 48.1 Å². The Balaban J connectivity index is 1.40. The summed E-state index contributed by atoms with van der Waals surface area (Å²) >= 11 is 4.34. The summed E-state index contributed by atoms with van der Waals surface area (Å²) in [7, 11) is -4.50. The molecule has 5 rings (SSSR count). The van der Waals surface area contributed by atoms with Crippen molar-refractivity contribution in [2.24, 2.45) is 11.8 Å². The van der Waals surface area contributed by atoms with Gasteiger partial charge in [-0.15, -0.1) is 0 Å². The van der Waals surface area contributed by atoms with Crippen LogP contribution < -0.4 is 0 Å². The van der Waals surface area contributed by atoms with Crippen LogP contribution in [0.2, 0.25) is 34.8 Å². The predicted octanol–water partition coefficient (Wildman–Crippen LogP) is 12.8. The predicted molar refractivity (Wildman–Crippen MR) is 246 cm³/mol. The minimum absolute atomic E-state index is 0.0120. The molecule has 7 nitrogen and oxygen atoms in total. The summed E-state index contributed by atoms with van der Waals surface area (Å²) in [4.78, 5) is -0.0120. The van der Waals surface area contributed by atoms with E-state index < -0.39 is 22.9 Å². The number of fused-ring (bicyclic) bond motifs is 1. The van der Waals surface area contributed by atoms with E-state index in [9.17, 15) is 0 Å². The molecule has 0 aliphatic carbocycles. The van der Waals surface area contributed by atoms with Crippen LogP contribution >= 0.6 is 15.9 Å². The summed E-state index contributed by atoms with van der Waals surface area (Å²) in [5, 5.41) is 0.0591. The van der Waals surface area contributed by atoms with Crippen molar-refractivity contribution < 1.29 is 32.5 Å². The first-order chi connectivity index (χ1) is 27.3. The Bertz CT molecular complexity index is 1480. The number of benzene rings is 2. The third-order valence-corrected chi connectivity index (χ3v) is 25.9. The zero-order valence-electron chi connectivity index (χ0n) is 38.2. The van der Waals surface area contributed by atoms with Crippen LogP contribution in [0.1, 0.15) is 126 Å². The summed E-state index contributed by atoms with van der Waals surface area (Å²) in [6, 6.07) is 20.7. The van der Waals surface area contributed by atoms with Crippen molar-refractivity contribution in [2.75, 3.05) is 13.2 Å². The standard InChI is InChI=1S/C48H79BrO7Si2/c1-32(2)58(33(3)4,34(5)6)56-43(45(49)42-28-36(8)46(53-42)35(7)26-27-50-30-37-20-16-14-17-21-37)29-41-40(55-57(12,13)48(9,10)11)25-24-39-44(52-41)31-51-47(54-39)38-22-18-15-19-23-38/h14-23,32-36,39-47H,24-31H2,1-13H3/t35-,36+,39+,40-,41+,42-,43-,44-,45+,46+,47-/m1/s1. The number of halogens is 1. The van der Waals surface area contributed by atoms with Gasteiger partial charge >= 0.3 is 0 Å². The lowest BCUT2D eigenvalue weighted by Gasteiger charge is -2.47. The highest BCUT2D eigenvalue weighted by atomic mass is 79.9. The molecule has 58 heavy (non-hydrogen) atoms. The van der Waals surface area contributed by atoms with E-state index in [1.54, 1.807) is 0 Å². The van der Waals surface area contributed by atoms with Crippen LogP contribution in [0.4, 0.5) is 0 Å². The Morgan fingerprint density at radius 1 is 0.810 bits per heavy atom. The lowest BCUT2D eigenvalue weighted by Crippen LogP contribution is -2.55. The molecule has 0 unspecified atom stereocenters. The number of rotatable bonds is 18. The van der Waals surface area contributed by atoms with Crippen LogP contribution in [-0.4, -0.2) is 77.4 Å². The van der Waals surface area contributed by atoms with Gasteiger partial charge in [0.05, 0.1) is 54.7 Å². The lowest BCUT2D eigenvalue weighted by molar-refractivity contribution is -0.271. The van der Waals surface area contributed by atoms with Gasteiger partial charge in [-0.05, 0) is 77.8 Å². The molecular formula is C48H79BrO7Si2. The van der Waals surface area contributed by atoms with Gasteiger partial charge < -0.3 is 32.5 Å². The number of hydrogen-bond donors (Lipinski definition) is 0. The van der Waals surface area contributed by atoms with Crippen LogP contribution in [0.15, 0.2) is 60.7 Å². The van der Waals surface area contributed by atoms with Gasteiger partial charge in [0.15, 0.2) is 14.6 Å². The maximum absolute atomic E-state index is 7.85. The van der Waals surface area contributed by atoms with E-state index in [2.05, 4.69) is 142 Å². The molecule has 2 aromatic rings. The Hall–Kier alpha value is -0.926. The van der Waals surface area contributed by atoms with Gasteiger partial charge in [0, 0.05) is 18.6 Å². The zero-order valence-corrected chi connectivity index (χ0v) is 41.8. The van der Waals surface area contributed by atoms with Crippen molar-refractivity contribution in [3.8, 4) is 0 Å². The Kier molecular flexibility index (Phi) is 17.4. The monoisotopic (exact) mass is 902 g/mol. The average Bonchev–Trinajstić information content (AvgIpc) is 3.49. The van der Waals surface area contributed by atoms with Crippen molar-refractivity contribution in [1.82, 2.24) is 0 Å². The first-order valence-corrected chi connectivity index (χ1v) is 28.5. The van der Waals surface area contributed by atoms with Gasteiger partial charge in [-0.1, -0.05) is 153 Å². The highest BCUT2D eigenvalue weighted by Crippen LogP contribution is 2.47. The third-order valence-electron chi connectivity index (χ3n) is 14.1. The molecule has 3 aliphatic heterocycles. The molecule has 0 bridgehead atoms. The second kappa shape index (κ2) is 21.0. The van der Waals surface area contributed by atoms with Gasteiger partial charge in [0.25, 0.3) is 0 Å². The quantitative estimate of drug-likeness (QED) is 0.0839.